The number of nitrogens with zero attached hydrogens (tertiary/aromatic N) is 4. The van der Waals surface area contributed by atoms with Gasteiger partial charge in [0.25, 0.3) is 0 Å². The van der Waals surface area contributed by atoms with Gasteiger partial charge in [-0.1, -0.05) is 34.5 Å². The summed E-state index contributed by atoms with van der Waals surface area (Å²) >= 11 is 5.93. The van der Waals surface area contributed by atoms with Crippen molar-refractivity contribution in [3.8, 4) is 0 Å². The van der Waals surface area contributed by atoms with E-state index in [0.717, 1.165) is 36.9 Å². The summed E-state index contributed by atoms with van der Waals surface area (Å²) < 4.78 is 0. The van der Waals surface area contributed by atoms with Crippen molar-refractivity contribution in [2.75, 3.05) is 31.1 Å². The molecule has 0 bridgehead atoms. The zero-order valence-corrected chi connectivity index (χ0v) is 13.4. The van der Waals surface area contributed by atoms with Crippen LogP contribution in [0.15, 0.2) is 58.9 Å². The van der Waals surface area contributed by atoms with Crippen LogP contribution in [-0.2, 0) is 0 Å². The van der Waals surface area contributed by atoms with Crippen LogP contribution in [0.25, 0.3) is 0 Å². The summed E-state index contributed by atoms with van der Waals surface area (Å²) in [5.41, 5.74) is 3.33. The lowest BCUT2D eigenvalue weighted by molar-refractivity contribution is 0.254. The van der Waals surface area contributed by atoms with E-state index in [-0.39, 0.29) is 0 Å². The molecule has 0 aromatic heterocycles. The Hall–Kier alpha value is -2.07. The molecule has 1 aliphatic heterocycles. The van der Waals surface area contributed by atoms with Crippen molar-refractivity contribution in [1.29, 1.82) is 0 Å². The number of piperazine rings is 1. The first-order valence-electron chi connectivity index (χ1n) is 7.44. The molecule has 114 valence electrons. The minimum Gasteiger partial charge on any atom is -0.368 e. The van der Waals surface area contributed by atoms with Crippen molar-refractivity contribution in [3.63, 3.8) is 0 Å². The number of anilines is 1. The highest BCUT2D eigenvalue weighted by Crippen LogP contribution is 2.20. The fourth-order valence-electron chi connectivity index (χ4n) is 2.42. The molecule has 0 aliphatic carbocycles. The van der Waals surface area contributed by atoms with Gasteiger partial charge in [-0.3, -0.25) is 5.01 Å². The van der Waals surface area contributed by atoms with Crippen LogP contribution in [0.3, 0.4) is 0 Å². The quantitative estimate of drug-likeness (QED) is 0.783. The average Bonchev–Trinajstić information content (AvgIpc) is 2.56. The summed E-state index contributed by atoms with van der Waals surface area (Å²) in [6.07, 6.45) is 0. The Balaban J connectivity index is 1.55. The SMILES string of the molecule is Cc1ccc(/N=N/N2CCN(c3ccc(Cl)cc3)CC2)cc1. The van der Waals surface area contributed by atoms with E-state index in [1.165, 1.54) is 11.3 Å². The number of hydrogen-bond acceptors (Lipinski definition) is 3. The van der Waals surface area contributed by atoms with E-state index >= 15 is 0 Å². The molecule has 0 radical (unpaired) electrons. The van der Waals surface area contributed by atoms with Gasteiger partial charge in [0.1, 0.15) is 0 Å². The van der Waals surface area contributed by atoms with E-state index < -0.39 is 0 Å². The van der Waals surface area contributed by atoms with Crippen molar-refractivity contribution >= 4 is 23.0 Å². The second-order valence-corrected chi connectivity index (χ2v) is 5.88. The van der Waals surface area contributed by atoms with Gasteiger partial charge in [0.2, 0.25) is 0 Å². The predicted octanol–water partition coefficient (Wildman–Crippen LogP) is 4.47. The third-order valence-corrected chi connectivity index (χ3v) is 4.02. The molecule has 0 N–H and O–H groups in total. The molecule has 2 aromatic carbocycles. The van der Waals surface area contributed by atoms with Gasteiger partial charge < -0.3 is 4.90 Å². The van der Waals surface area contributed by atoms with E-state index in [9.17, 15) is 0 Å². The van der Waals surface area contributed by atoms with Crippen LogP contribution in [0.1, 0.15) is 5.56 Å². The fourth-order valence-corrected chi connectivity index (χ4v) is 2.55. The van der Waals surface area contributed by atoms with E-state index in [2.05, 4.69) is 34.3 Å². The Kier molecular flexibility index (Phi) is 4.59. The molecule has 0 unspecified atom stereocenters. The summed E-state index contributed by atoms with van der Waals surface area (Å²) in [6, 6.07) is 16.1. The molecule has 3 rings (SSSR count). The van der Waals surface area contributed by atoms with Gasteiger partial charge in [-0.2, -0.15) is 0 Å². The third kappa shape index (κ3) is 3.77. The van der Waals surface area contributed by atoms with Crippen molar-refractivity contribution in [2.24, 2.45) is 10.3 Å². The summed E-state index contributed by atoms with van der Waals surface area (Å²) in [6.45, 7) is 5.69. The summed E-state index contributed by atoms with van der Waals surface area (Å²) in [7, 11) is 0. The smallest absolute Gasteiger partial charge is 0.0874 e. The molecule has 1 aliphatic rings. The first-order valence-corrected chi connectivity index (χ1v) is 7.82. The zero-order valence-electron chi connectivity index (χ0n) is 12.6. The van der Waals surface area contributed by atoms with Crippen molar-refractivity contribution in [2.45, 2.75) is 6.92 Å². The molecule has 5 heteroatoms. The lowest BCUT2D eigenvalue weighted by atomic mass is 10.2. The number of hydrogen-bond donors (Lipinski definition) is 0. The average molecular weight is 315 g/mol. The van der Waals surface area contributed by atoms with Crippen LogP contribution in [-0.4, -0.2) is 31.2 Å². The topological polar surface area (TPSA) is 31.2 Å². The molecular formula is C17H19ClN4. The Morgan fingerprint density at radius 3 is 2.14 bits per heavy atom. The molecule has 1 saturated heterocycles. The molecule has 4 nitrogen and oxygen atoms in total. The second-order valence-electron chi connectivity index (χ2n) is 5.44. The lowest BCUT2D eigenvalue weighted by Gasteiger charge is -2.33. The first kappa shape index (κ1) is 14.9. The van der Waals surface area contributed by atoms with Crippen molar-refractivity contribution in [1.82, 2.24) is 5.01 Å². The van der Waals surface area contributed by atoms with Gasteiger partial charge in [-0.25, -0.2) is 0 Å². The van der Waals surface area contributed by atoms with E-state index in [1.54, 1.807) is 0 Å². The van der Waals surface area contributed by atoms with Crippen LogP contribution < -0.4 is 4.90 Å². The molecule has 0 saturated carbocycles. The summed E-state index contributed by atoms with van der Waals surface area (Å²) in [4.78, 5) is 2.34. The maximum Gasteiger partial charge on any atom is 0.0874 e. The lowest BCUT2D eigenvalue weighted by Crippen LogP contribution is -2.43. The zero-order chi connectivity index (χ0) is 15.4. The highest BCUT2D eigenvalue weighted by molar-refractivity contribution is 6.30. The minimum atomic E-state index is 0.772. The molecule has 1 fully saturated rings. The van der Waals surface area contributed by atoms with E-state index in [4.69, 9.17) is 11.6 Å². The molecule has 22 heavy (non-hydrogen) atoms. The number of rotatable bonds is 3. The van der Waals surface area contributed by atoms with Crippen LogP contribution in [0.5, 0.6) is 0 Å². The van der Waals surface area contributed by atoms with Gasteiger partial charge in [0, 0.05) is 23.8 Å². The highest BCUT2D eigenvalue weighted by atomic mass is 35.5. The Morgan fingerprint density at radius 2 is 1.50 bits per heavy atom. The largest absolute Gasteiger partial charge is 0.368 e. The molecule has 1 heterocycles. The number of benzene rings is 2. The summed E-state index contributed by atoms with van der Waals surface area (Å²) in [5, 5.41) is 11.4. The molecule has 0 spiro atoms. The Labute approximate surface area is 136 Å². The second kappa shape index (κ2) is 6.79. The number of aryl methyl sites for hydroxylation is 1. The van der Waals surface area contributed by atoms with Crippen LogP contribution >= 0.6 is 11.6 Å². The predicted molar refractivity (Wildman–Crippen MR) is 90.9 cm³/mol. The first-order chi connectivity index (χ1) is 10.7. The summed E-state index contributed by atoms with van der Waals surface area (Å²) in [5.74, 6) is 0. The monoisotopic (exact) mass is 314 g/mol. The van der Waals surface area contributed by atoms with Gasteiger partial charge in [-0.15, -0.1) is 5.11 Å². The van der Waals surface area contributed by atoms with Gasteiger partial charge in [0.15, 0.2) is 0 Å². The van der Waals surface area contributed by atoms with E-state index in [1.807, 2.05) is 41.4 Å². The number of halogens is 1. The standard InChI is InChI=1S/C17H19ClN4/c1-14-2-6-16(7-3-14)19-20-22-12-10-21(11-13-22)17-8-4-15(18)5-9-17/h2-9H,10-13H2,1H3/b20-19+. The van der Waals surface area contributed by atoms with Crippen LogP contribution in [0, 0.1) is 6.92 Å². The van der Waals surface area contributed by atoms with Crippen LogP contribution in [0.2, 0.25) is 5.02 Å². The third-order valence-electron chi connectivity index (χ3n) is 3.77. The van der Waals surface area contributed by atoms with Crippen molar-refractivity contribution in [3.05, 3.63) is 59.1 Å². The fraction of sp³-hybridized carbons (Fsp3) is 0.294. The van der Waals surface area contributed by atoms with Gasteiger partial charge in [0.05, 0.1) is 18.8 Å². The van der Waals surface area contributed by atoms with Gasteiger partial charge >= 0.3 is 0 Å². The molecule has 2 aromatic rings. The van der Waals surface area contributed by atoms with E-state index in [0.29, 0.717) is 0 Å². The Bertz CT molecular complexity index is 629. The highest BCUT2D eigenvalue weighted by Gasteiger charge is 2.15. The molecule has 0 amide bonds. The minimum absolute atomic E-state index is 0.772. The Morgan fingerprint density at radius 1 is 0.864 bits per heavy atom. The van der Waals surface area contributed by atoms with Crippen molar-refractivity contribution < 1.29 is 0 Å². The van der Waals surface area contributed by atoms with Crippen LogP contribution in [0.4, 0.5) is 11.4 Å². The van der Waals surface area contributed by atoms with Gasteiger partial charge in [-0.05, 0) is 43.3 Å². The molecule has 0 atom stereocenters. The molecular weight excluding hydrogens is 296 g/mol. The normalized spacial score (nSPS) is 15.5. The maximum absolute atomic E-state index is 5.93. The maximum atomic E-state index is 5.93.